The Balaban J connectivity index is 1.36. The van der Waals surface area contributed by atoms with E-state index in [1.807, 2.05) is 0 Å². The highest BCUT2D eigenvalue weighted by atomic mass is 14.3. The highest BCUT2D eigenvalue weighted by molar-refractivity contribution is 5.23. The molecule has 0 aliphatic heterocycles. The minimum atomic E-state index is 0.994. The van der Waals surface area contributed by atoms with E-state index in [9.17, 15) is 0 Å². The van der Waals surface area contributed by atoms with Crippen molar-refractivity contribution in [3.05, 3.63) is 47.0 Å². The zero-order valence-electron chi connectivity index (χ0n) is 18.7. The lowest BCUT2D eigenvalue weighted by Gasteiger charge is -2.35. The van der Waals surface area contributed by atoms with E-state index in [0.29, 0.717) is 0 Å². The van der Waals surface area contributed by atoms with Gasteiger partial charge in [-0.2, -0.15) is 0 Å². The van der Waals surface area contributed by atoms with Gasteiger partial charge in [-0.25, -0.2) is 0 Å². The monoisotopic (exact) mass is 380 g/mol. The maximum absolute atomic E-state index is 2.63. The van der Waals surface area contributed by atoms with E-state index < -0.39 is 0 Å². The van der Waals surface area contributed by atoms with Crippen molar-refractivity contribution in [3.8, 4) is 0 Å². The molecule has 1 aromatic carbocycles. The average Bonchev–Trinajstić information content (AvgIpc) is 2.75. The molecule has 1 fully saturated rings. The van der Waals surface area contributed by atoms with E-state index in [-0.39, 0.29) is 0 Å². The average molecular weight is 381 g/mol. The molecule has 0 radical (unpaired) electrons. The van der Waals surface area contributed by atoms with Crippen molar-refractivity contribution in [3.63, 3.8) is 0 Å². The first-order valence-electron chi connectivity index (χ1n) is 12.5. The summed E-state index contributed by atoms with van der Waals surface area (Å²) >= 11 is 0. The molecule has 1 unspecified atom stereocenters. The molecule has 28 heavy (non-hydrogen) atoms. The minimum absolute atomic E-state index is 0.994. The molecule has 0 nitrogen and oxygen atoms in total. The van der Waals surface area contributed by atoms with Crippen LogP contribution in [0.2, 0.25) is 0 Å². The second-order valence-corrected chi connectivity index (χ2v) is 9.74. The van der Waals surface area contributed by atoms with Crippen LogP contribution in [0, 0.1) is 17.8 Å². The van der Waals surface area contributed by atoms with E-state index in [2.05, 4.69) is 44.2 Å². The Morgan fingerprint density at radius 3 is 2.04 bits per heavy atom. The van der Waals surface area contributed by atoms with Crippen molar-refractivity contribution < 1.29 is 0 Å². The SMILES string of the molecule is CCCCCC1CCC(C2CC=C(CCc3ccc(CCC)cc3)CC2)CC1. The van der Waals surface area contributed by atoms with Gasteiger partial charge in [0.25, 0.3) is 0 Å². The molecule has 0 aromatic heterocycles. The third-order valence-electron chi connectivity index (χ3n) is 7.62. The molecule has 1 atom stereocenters. The second-order valence-electron chi connectivity index (χ2n) is 9.74. The summed E-state index contributed by atoms with van der Waals surface area (Å²) in [6, 6.07) is 9.39. The Hall–Kier alpha value is -1.04. The first kappa shape index (κ1) is 21.7. The molecule has 0 saturated heterocycles. The standard InChI is InChI=1S/C28H44/c1-3-5-6-8-24-15-19-27(20-16-24)28-21-17-26(18-22-28)14-13-25-11-9-23(7-4-2)10-12-25/h9-12,17,24,27-28H,3-8,13-16,18-22H2,1-2H3. The molecule has 1 saturated carbocycles. The fourth-order valence-corrected chi connectivity index (χ4v) is 5.66. The zero-order valence-corrected chi connectivity index (χ0v) is 18.7. The van der Waals surface area contributed by atoms with Crippen molar-refractivity contribution in [2.24, 2.45) is 17.8 Å². The number of allylic oxidation sites excluding steroid dienone is 2. The van der Waals surface area contributed by atoms with E-state index in [1.165, 1.54) is 107 Å². The summed E-state index contributed by atoms with van der Waals surface area (Å²) in [7, 11) is 0. The fraction of sp³-hybridized carbons (Fsp3) is 0.714. The third kappa shape index (κ3) is 6.78. The normalized spacial score (nSPS) is 25.5. The lowest BCUT2D eigenvalue weighted by Crippen LogP contribution is -2.23. The van der Waals surface area contributed by atoms with Gasteiger partial charge in [-0.3, -0.25) is 0 Å². The van der Waals surface area contributed by atoms with Gasteiger partial charge in [0, 0.05) is 0 Å². The van der Waals surface area contributed by atoms with Gasteiger partial charge in [-0.05, 0) is 80.2 Å². The quantitative estimate of drug-likeness (QED) is 0.281. The Morgan fingerprint density at radius 1 is 0.714 bits per heavy atom. The van der Waals surface area contributed by atoms with Crippen LogP contribution in [-0.4, -0.2) is 0 Å². The summed E-state index contributed by atoms with van der Waals surface area (Å²) in [5, 5.41) is 0. The van der Waals surface area contributed by atoms with Gasteiger partial charge in [0.2, 0.25) is 0 Å². The number of hydrogen-bond acceptors (Lipinski definition) is 0. The zero-order chi connectivity index (χ0) is 19.6. The van der Waals surface area contributed by atoms with Crippen molar-refractivity contribution in [1.29, 1.82) is 0 Å². The number of benzene rings is 1. The lowest BCUT2D eigenvalue weighted by molar-refractivity contribution is 0.185. The van der Waals surface area contributed by atoms with Crippen LogP contribution in [-0.2, 0) is 12.8 Å². The van der Waals surface area contributed by atoms with E-state index in [1.54, 1.807) is 5.57 Å². The minimum Gasteiger partial charge on any atom is -0.0850 e. The first-order chi connectivity index (χ1) is 13.8. The van der Waals surface area contributed by atoms with Gasteiger partial charge in [-0.1, -0.05) is 94.7 Å². The van der Waals surface area contributed by atoms with Crippen LogP contribution < -0.4 is 0 Å². The molecule has 0 N–H and O–H groups in total. The van der Waals surface area contributed by atoms with Crippen LogP contribution >= 0.6 is 0 Å². The van der Waals surface area contributed by atoms with Crippen molar-refractivity contribution in [1.82, 2.24) is 0 Å². The molecule has 0 bridgehead atoms. The summed E-state index contributed by atoms with van der Waals surface area (Å²) in [6.45, 7) is 4.58. The van der Waals surface area contributed by atoms with Gasteiger partial charge in [-0.15, -0.1) is 0 Å². The Kier molecular flexibility index (Phi) is 9.16. The van der Waals surface area contributed by atoms with Gasteiger partial charge in [0.05, 0.1) is 0 Å². The van der Waals surface area contributed by atoms with Crippen molar-refractivity contribution >= 4 is 0 Å². The third-order valence-corrected chi connectivity index (χ3v) is 7.62. The van der Waals surface area contributed by atoms with Crippen LogP contribution in [0.25, 0.3) is 0 Å². The van der Waals surface area contributed by atoms with Crippen molar-refractivity contribution in [2.75, 3.05) is 0 Å². The fourth-order valence-electron chi connectivity index (χ4n) is 5.66. The molecule has 2 aliphatic carbocycles. The number of hydrogen-bond donors (Lipinski definition) is 0. The molecule has 0 spiro atoms. The van der Waals surface area contributed by atoms with Crippen LogP contribution in [0.15, 0.2) is 35.9 Å². The topological polar surface area (TPSA) is 0 Å². The maximum Gasteiger partial charge on any atom is -0.0241 e. The summed E-state index contributed by atoms with van der Waals surface area (Å²) in [5.74, 6) is 3.08. The first-order valence-corrected chi connectivity index (χ1v) is 12.5. The highest BCUT2D eigenvalue weighted by Gasteiger charge is 2.28. The molecule has 156 valence electrons. The number of rotatable bonds is 10. The molecule has 0 heteroatoms. The lowest BCUT2D eigenvalue weighted by atomic mass is 9.70. The van der Waals surface area contributed by atoms with Crippen LogP contribution in [0.4, 0.5) is 0 Å². The Labute approximate surface area is 175 Å². The maximum atomic E-state index is 2.63. The van der Waals surface area contributed by atoms with Gasteiger partial charge < -0.3 is 0 Å². The highest BCUT2D eigenvalue weighted by Crippen LogP contribution is 2.41. The molecule has 0 amide bonds. The van der Waals surface area contributed by atoms with Gasteiger partial charge in [0.15, 0.2) is 0 Å². The second kappa shape index (κ2) is 11.8. The van der Waals surface area contributed by atoms with Crippen LogP contribution in [0.5, 0.6) is 0 Å². The molecule has 0 heterocycles. The van der Waals surface area contributed by atoms with E-state index in [0.717, 1.165) is 17.8 Å². The number of unbranched alkanes of at least 4 members (excludes halogenated alkanes) is 2. The van der Waals surface area contributed by atoms with E-state index in [4.69, 9.17) is 0 Å². The predicted molar refractivity (Wildman–Crippen MR) is 124 cm³/mol. The predicted octanol–water partition coefficient (Wildman–Crippen LogP) is 8.68. The largest absolute Gasteiger partial charge is 0.0850 e. The number of aryl methyl sites for hydroxylation is 2. The molecule has 1 aromatic rings. The summed E-state index contributed by atoms with van der Waals surface area (Å²) in [4.78, 5) is 0. The summed E-state index contributed by atoms with van der Waals surface area (Å²) in [6.07, 6.45) is 23.7. The van der Waals surface area contributed by atoms with Crippen molar-refractivity contribution in [2.45, 2.75) is 110 Å². The molecular weight excluding hydrogens is 336 g/mol. The summed E-state index contributed by atoms with van der Waals surface area (Å²) < 4.78 is 0. The van der Waals surface area contributed by atoms with Crippen LogP contribution in [0.3, 0.4) is 0 Å². The van der Waals surface area contributed by atoms with Crippen LogP contribution in [0.1, 0.15) is 108 Å². The van der Waals surface area contributed by atoms with Gasteiger partial charge >= 0.3 is 0 Å². The smallest absolute Gasteiger partial charge is 0.0241 e. The molecule has 2 aliphatic rings. The molecular formula is C28H44. The molecule has 3 rings (SSSR count). The Morgan fingerprint density at radius 2 is 1.43 bits per heavy atom. The van der Waals surface area contributed by atoms with Gasteiger partial charge in [0.1, 0.15) is 0 Å². The van der Waals surface area contributed by atoms with E-state index >= 15 is 0 Å². The Bertz CT molecular complexity index is 571. The summed E-state index contributed by atoms with van der Waals surface area (Å²) in [5.41, 5.74) is 4.75.